The predicted octanol–water partition coefficient (Wildman–Crippen LogP) is 3.93. The molecule has 108 valence electrons. The maximum Gasteiger partial charge on any atom is 0.161 e. The molecule has 2 aromatic rings. The summed E-state index contributed by atoms with van der Waals surface area (Å²) < 4.78 is 5.73. The molecule has 5 heteroatoms. The number of nitrogens with zero attached hydrogens (tertiary/aromatic N) is 2. The number of hydrogen-bond donors (Lipinski definition) is 1. The van der Waals surface area contributed by atoms with Crippen LogP contribution in [-0.2, 0) is 11.2 Å². The van der Waals surface area contributed by atoms with Gasteiger partial charge in [0.1, 0.15) is 16.8 Å². The molecule has 1 atom stereocenters. The average Bonchev–Trinajstić information content (AvgIpc) is 3.12. The summed E-state index contributed by atoms with van der Waals surface area (Å²) in [7, 11) is 0. The van der Waals surface area contributed by atoms with Gasteiger partial charge >= 0.3 is 0 Å². The van der Waals surface area contributed by atoms with E-state index < -0.39 is 0 Å². The molecule has 20 heavy (non-hydrogen) atoms. The van der Waals surface area contributed by atoms with E-state index >= 15 is 0 Å². The molecule has 3 heterocycles. The molecular formula is C15H21N3OS. The van der Waals surface area contributed by atoms with E-state index in [1.165, 1.54) is 4.88 Å². The van der Waals surface area contributed by atoms with Crippen LogP contribution in [0, 0.1) is 0 Å². The average molecular weight is 291 g/mol. The molecular weight excluding hydrogens is 270 g/mol. The van der Waals surface area contributed by atoms with Crippen molar-refractivity contribution in [2.24, 2.45) is 0 Å². The Morgan fingerprint density at radius 2 is 2.30 bits per heavy atom. The Morgan fingerprint density at radius 1 is 1.40 bits per heavy atom. The summed E-state index contributed by atoms with van der Waals surface area (Å²) in [5, 5.41) is 4.59. The second kappa shape index (κ2) is 6.06. The monoisotopic (exact) mass is 291 g/mol. The summed E-state index contributed by atoms with van der Waals surface area (Å²) in [5.74, 6) is 1.82. The van der Waals surface area contributed by atoms with Crippen molar-refractivity contribution in [1.82, 2.24) is 9.97 Å². The number of fused-ring (bicyclic) bond motifs is 1. The second-order valence-electron chi connectivity index (χ2n) is 5.14. The van der Waals surface area contributed by atoms with Gasteiger partial charge in [-0.3, -0.25) is 0 Å². The first-order valence-electron chi connectivity index (χ1n) is 7.47. The van der Waals surface area contributed by atoms with E-state index in [0.29, 0.717) is 0 Å². The fraction of sp³-hybridized carbons (Fsp3) is 0.600. The van der Waals surface area contributed by atoms with Gasteiger partial charge in [-0.15, -0.1) is 11.3 Å². The molecule has 1 aliphatic heterocycles. The van der Waals surface area contributed by atoms with Gasteiger partial charge in [-0.2, -0.15) is 0 Å². The van der Waals surface area contributed by atoms with E-state index in [4.69, 9.17) is 14.7 Å². The summed E-state index contributed by atoms with van der Waals surface area (Å²) in [5.41, 5.74) is 0. The Bertz CT molecular complexity index is 590. The topological polar surface area (TPSA) is 47.0 Å². The molecule has 1 unspecified atom stereocenters. The Morgan fingerprint density at radius 3 is 3.00 bits per heavy atom. The third kappa shape index (κ3) is 2.65. The minimum atomic E-state index is 0.0775. The molecule has 2 aromatic heterocycles. The van der Waals surface area contributed by atoms with Crippen LogP contribution < -0.4 is 5.32 Å². The molecule has 0 amide bonds. The third-order valence-corrected chi connectivity index (χ3v) is 4.74. The van der Waals surface area contributed by atoms with Crippen molar-refractivity contribution < 1.29 is 4.74 Å². The van der Waals surface area contributed by atoms with Crippen molar-refractivity contribution in [1.29, 1.82) is 0 Å². The standard InChI is InChI=1S/C15H21N3OS/c1-3-7-16-13-11-9-10(4-2)20-15(11)18-14(17-13)12-6-5-8-19-12/h9,12H,3-8H2,1-2H3,(H,16,17,18). The SMILES string of the molecule is CCCNc1nc(C2CCCO2)nc2sc(CC)cc12. The number of hydrogen-bond acceptors (Lipinski definition) is 5. The lowest BCUT2D eigenvalue weighted by Gasteiger charge is -2.11. The first-order valence-corrected chi connectivity index (χ1v) is 8.29. The molecule has 0 radical (unpaired) electrons. The summed E-state index contributed by atoms with van der Waals surface area (Å²) in [4.78, 5) is 11.9. The fourth-order valence-corrected chi connectivity index (χ4v) is 3.44. The molecule has 1 aliphatic rings. The zero-order valence-corrected chi connectivity index (χ0v) is 12.9. The predicted molar refractivity (Wildman–Crippen MR) is 83.5 cm³/mol. The van der Waals surface area contributed by atoms with Gasteiger partial charge in [0.15, 0.2) is 5.82 Å². The molecule has 0 spiro atoms. The lowest BCUT2D eigenvalue weighted by molar-refractivity contribution is 0.105. The van der Waals surface area contributed by atoms with Crippen molar-refractivity contribution in [3.63, 3.8) is 0 Å². The number of aryl methyl sites for hydroxylation is 1. The molecule has 0 aliphatic carbocycles. The maximum atomic E-state index is 5.73. The minimum absolute atomic E-state index is 0.0775. The van der Waals surface area contributed by atoms with Crippen LogP contribution in [-0.4, -0.2) is 23.1 Å². The van der Waals surface area contributed by atoms with Gasteiger partial charge in [-0.05, 0) is 31.7 Å². The fourth-order valence-electron chi connectivity index (χ4n) is 2.47. The van der Waals surface area contributed by atoms with E-state index in [9.17, 15) is 0 Å². The van der Waals surface area contributed by atoms with Crippen LogP contribution in [0.3, 0.4) is 0 Å². The van der Waals surface area contributed by atoms with Crippen molar-refractivity contribution in [3.05, 3.63) is 16.8 Å². The zero-order valence-electron chi connectivity index (χ0n) is 12.1. The number of nitrogens with one attached hydrogen (secondary N) is 1. The lowest BCUT2D eigenvalue weighted by atomic mass is 10.2. The van der Waals surface area contributed by atoms with Crippen molar-refractivity contribution in [2.45, 2.75) is 45.6 Å². The largest absolute Gasteiger partial charge is 0.370 e. The summed E-state index contributed by atoms with van der Waals surface area (Å²) in [6, 6.07) is 2.22. The number of anilines is 1. The maximum absolute atomic E-state index is 5.73. The van der Waals surface area contributed by atoms with Crippen LogP contribution in [0.15, 0.2) is 6.07 Å². The quantitative estimate of drug-likeness (QED) is 0.906. The zero-order chi connectivity index (χ0) is 13.9. The normalized spacial score (nSPS) is 18.8. The molecule has 0 saturated carbocycles. The number of aromatic nitrogens is 2. The second-order valence-corrected chi connectivity index (χ2v) is 6.26. The van der Waals surface area contributed by atoms with E-state index in [0.717, 1.165) is 60.7 Å². The molecule has 4 nitrogen and oxygen atoms in total. The summed E-state index contributed by atoms with van der Waals surface area (Å²) in [6.45, 7) is 6.11. The highest BCUT2D eigenvalue weighted by molar-refractivity contribution is 7.18. The summed E-state index contributed by atoms with van der Waals surface area (Å²) in [6.07, 6.45) is 4.35. The summed E-state index contributed by atoms with van der Waals surface area (Å²) >= 11 is 1.77. The van der Waals surface area contributed by atoms with Gasteiger partial charge < -0.3 is 10.1 Å². The van der Waals surface area contributed by atoms with E-state index in [-0.39, 0.29) is 6.10 Å². The number of rotatable bonds is 5. The highest BCUT2D eigenvalue weighted by Crippen LogP contribution is 2.33. The van der Waals surface area contributed by atoms with Crippen LogP contribution in [0.25, 0.3) is 10.2 Å². The highest BCUT2D eigenvalue weighted by Gasteiger charge is 2.22. The van der Waals surface area contributed by atoms with Crippen LogP contribution in [0.5, 0.6) is 0 Å². The number of thiophene rings is 1. The van der Waals surface area contributed by atoms with Crippen LogP contribution in [0.1, 0.15) is 49.9 Å². The van der Waals surface area contributed by atoms with Crippen molar-refractivity contribution >= 4 is 27.4 Å². The third-order valence-electron chi connectivity index (χ3n) is 3.57. The van der Waals surface area contributed by atoms with Gasteiger partial charge in [0.25, 0.3) is 0 Å². The molecule has 1 fully saturated rings. The Labute approximate surface area is 123 Å². The Hall–Kier alpha value is -1.20. The molecule has 3 rings (SSSR count). The molecule has 0 aromatic carbocycles. The Balaban J connectivity index is 2.03. The minimum Gasteiger partial charge on any atom is -0.370 e. The van der Waals surface area contributed by atoms with Gasteiger partial charge in [0.2, 0.25) is 0 Å². The van der Waals surface area contributed by atoms with E-state index in [2.05, 4.69) is 25.2 Å². The van der Waals surface area contributed by atoms with Gasteiger partial charge in [0.05, 0.1) is 5.39 Å². The molecule has 0 bridgehead atoms. The van der Waals surface area contributed by atoms with Crippen LogP contribution in [0.4, 0.5) is 5.82 Å². The molecule has 1 saturated heterocycles. The van der Waals surface area contributed by atoms with E-state index in [1.54, 1.807) is 11.3 Å². The van der Waals surface area contributed by atoms with E-state index in [1.807, 2.05) is 0 Å². The van der Waals surface area contributed by atoms with Gasteiger partial charge in [-0.25, -0.2) is 9.97 Å². The van der Waals surface area contributed by atoms with Crippen LogP contribution in [0.2, 0.25) is 0 Å². The lowest BCUT2D eigenvalue weighted by Crippen LogP contribution is -2.08. The van der Waals surface area contributed by atoms with Crippen molar-refractivity contribution in [3.8, 4) is 0 Å². The van der Waals surface area contributed by atoms with Gasteiger partial charge in [-0.1, -0.05) is 13.8 Å². The smallest absolute Gasteiger partial charge is 0.161 e. The number of ether oxygens (including phenoxy) is 1. The highest BCUT2D eigenvalue weighted by atomic mass is 32.1. The van der Waals surface area contributed by atoms with Gasteiger partial charge in [0, 0.05) is 18.0 Å². The molecule has 1 N–H and O–H groups in total. The Kier molecular flexibility index (Phi) is 4.17. The van der Waals surface area contributed by atoms with Crippen LogP contribution >= 0.6 is 11.3 Å². The first kappa shape index (κ1) is 13.8. The first-order chi connectivity index (χ1) is 9.81. The van der Waals surface area contributed by atoms with Crippen molar-refractivity contribution in [2.75, 3.05) is 18.5 Å².